The lowest BCUT2D eigenvalue weighted by atomic mass is 10.1. The molecule has 0 radical (unpaired) electrons. The van der Waals surface area contributed by atoms with Crippen molar-refractivity contribution in [3.63, 3.8) is 0 Å². The summed E-state index contributed by atoms with van der Waals surface area (Å²) < 4.78 is 16.3. The Hall–Kier alpha value is -2.93. The first-order chi connectivity index (χ1) is 12.2. The minimum absolute atomic E-state index is 0.300. The monoisotopic (exact) mass is 338 g/mol. The van der Waals surface area contributed by atoms with E-state index in [1.165, 1.54) is 6.07 Å². The Labute approximate surface area is 144 Å². The Bertz CT molecular complexity index is 961. The molecule has 0 amide bonds. The average molecular weight is 338 g/mol. The van der Waals surface area contributed by atoms with Crippen LogP contribution in [0.25, 0.3) is 16.9 Å². The number of benzene rings is 2. The van der Waals surface area contributed by atoms with Crippen LogP contribution in [0.2, 0.25) is 0 Å². The molecule has 1 aromatic heterocycles. The number of hydrogen-bond donors (Lipinski definition) is 2. The highest BCUT2D eigenvalue weighted by Gasteiger charge is 2.28. The van der Waals surface area contributed by atoms with Crippen LogP contribution in [0.3, 0.4) is 0 Å². The minimum Gasteiger partial charge on any atom is -0.304 e. The number of nitrogens with zero attached hydrogens (tertiary/aromatic N) is 4. The van der Waals surface area contributed by atoms with Crippen LogP contribution in [0.15, 0.2) is 48.2 Å². The molecule has 0 fully saturated rings. The van der Waals surface area contributed by atoms with Crippen LogP contribution in [-0.2, 0) is 6.42 Å². The molecule has 0 aliphatic carbocycles. The van der Waals surface area contributed by atoms with Gasteiger partial charge in [0.05, 0.1) is 16.9 Å². The number of para-hydroxylation sites is 1. The molecule has 0 spiro atoms. The van der Waals surface area contributed by atoms with Gasteiger partial charge in [0.1, 0.15) is 11.3 Å². The molecule has 0 atom stereocenters. The van der Waals surface area contributed by atoms with E-state index in [0.29, 0.717) is 5.69 Å². The molecule has 1 aliphatic heterocycles. The molecule has 1 aliphatic rings. The SMILES string of the molecule is CCC1=C(n2nnc3ccccc32)N(c2cc(CC)ccc2F)NN1. The lowest BCUT2D eigenvalue weighted by molar-refractivity contribution is 0.596. The quantitative estimate of drug-likeness (QED) is 0.765. The molecule has 2 N–H and O–H groups in total. The number of halogens is 1. The predicted octanol–water partition coefficient (Wildman–Crippen LogP) is 3.20. The van der Waals surface area contributed by atoms with Gasteiger partial charge in [0.15, 0.2) is 5.82 Å². The van der Waals surface area contributed by atoms with Crippen LogP contribution < -0.4 is 16.0 Å². The molecule has 6 nitrogen and oxygen atoms in total. The Morgan fingerprint density at radius 3 is 2.72 bits per heavy atom. The van der Waals surface area contributed by atoms with Crippen LogP contribution in [0.1, 0.15) is 25.8 Å². The van der Waals surface area contributed by atoms with E-state index >= 15 is 0 Å². The number of allylic oxidation sites excluding steroid dienone is 1. The van der Waals surface area contributed by atoms with Crippen molar-refractivity contribution in [2.75, 3.05) is 5.01 Å². The number of aromatic nitrogens is 3. The molecular weight excluding hydrogens is 319 g/mol. The number of hydrogen-bond acceptors (Lipinski definition) is 5. The zero-order valence-electron chi connectivity index (χ0n) is 14.1. The average Bonchev–Trinajstić information content (AvgIpc) is 3.25. The van der Waals surface area contributed by atoms with Crippen molar-refractivity contribution in [2.45, 2.75) is 26.7 Å². The highest BCUT2D eigenvalue weighted by atomic mass is 19.1. The standard InChI is InChI=1S/C18H19FN6/c1-3-12-9-10-13(19)17(11-12)25-18(14(4-2)20-22-25)24-16-8-6-5-7-15(16)21-23-24/h5-11,20,22H,3-4H2,1-2H3. The Morgan fingerprint density at radius 2 is 1.92 bits per heavy atom. The van der Waals surface area contributed by atoms with Gasteiger partial charge in [0, 0.05) is 0 Å². The van der Waals surface area contributed by atoms with Crippen LogP contribution in [0, 0.1) is 5.82 Å². The molecular formula is C18H19FN6. The third-order valence-corrected chi connectivity index (χ3v) is 4.37. The molecule has 0 saturated carbocycles. The maximum atomic E-state index is 14.5. The number of fused-ring (bicyclic) bond motifs is 1. The second-order valence-corrected chi connectivity index (χ2v) is 5.86. The van der Waals surface area contributed by atoms with Crippen LogP contribution in [0.4, 0.5) is 10.1 Å². The maximum absolute atomic E-state index is 14.5. The normalized spacial score (nSPS) is 14.4. The van der Waals surface area contributed by atoms with Crippen LogP contribution >= 0.6 is 0 Å². The van der Waals surface area contributed by atoms with Crippen molar-refractivity contribution in [1.29, 1.82) is 0 Å². The van der Waals surface area contributed by atoms with Crippen molar-refractivity contribution in [3.8, 4) is 0 Å². The van der Waals surface area contributed by atoms with Crippen molar-refractivity contribution in [3.05, 3.63) is 59.5 Å². The van der Waals surface area contributed by atoms with Gasteiger partial charge < -0.3 is 5.43 Å². The molecule has 4 rings (SSSR count). The molecule has 0 bridgehead atoms. The van der Waals surface area contributed by atoms with Gasteiger partial charge in [0.2, 0.25) is 0 Å². The van der Waals surface area contributed by atoms with Crippen LogP contribution in [0.5, 0.6) is 0 Å². The molecule has 3 aromatic rings. The lowest BCUT2D eigenvalue weighted by Crippen LogP contribution is -2.39. The number of aryl methyl sites for hydroxylation is 1. The fraction of sp³-hybridized carbons (Fsp3) is 0.222. The van der Waals surface area contributed by atoms with E-state index in [1.807, 2.05) is 44.2 Å². The van der Waals surface area contributed by atoms with E-state index in [1.54, 1.807) is 15.8 Å². The molecule has 2 heterocycles. The largest absolute Gasteiger partial charge is 0.304 e. The van der Waals surface area contributed by atoms with Gasteiger partial charge >= 0.3 is 0 Å². The molecule has 25 heavy (non-hydrogen) atoms. The van der Waals surface area contributed by atoms with Crippen LogP contribution in [-0.4, -0.2) is 15.0 Å². The van der Waals surface area contributed by atoms with Crippen molar-refractivity contribution in [1.82, 2.24) is 26.0 Å². The maximum Gasteiger partial charge on any atom is 0.173 e. The fourth-order valence-electron chi connectivity index (χ4n) is 2.99. The third-order valence-electron chi connectivity index (χ3n) is 4.37. The summed E-state index contributed by atoms with van der Waals surface area (Å²) in [7, 11) is 0. The minimum atomic E-state index is -0.300. The van der Waals surface area contributed by atoms with Crippen molar-refractivity contribution < 1.29 is 4.39 Å². The van der Waals surface area contributed by atoms with Gasteiger partial charge in [0.25, 0.3) is 0 Å². The molecule has 0 saturated heterocycles. The summed E-state index contributed by atoms with van der Waals surface area (Å²) in [5.74, 6) is 0.425. The summed E-state index contributed by atoms with van der Waals surface area (Å²) in [6.45, 7) is 4.08. The first-order valence-corrected chi connectivity index (χ1v) is 8.37. The number of nitrogens with one attached hydrogen (secondary N) is 2. The van der Waals surface area contributed by atoms with E-state index in [9.17, 15) is 4.39 Å². The second-order valence-electron chi connectivity index (χ2n) is 5.86. The van der Waals surface area contributed by atoms with Gasteiger partial charge in [-0.05, 0) is 42.7 Å². The molecule has 7 heteroatoms. The topological polar surface area (TPSA) is 58.0 Å². The third kappa shape index (κ3) is 2.53. The van der Waals surface area contributed by atoms with E-state index in [0.717, 1.165) is 41.0 Å². The fourth-order valence-corrected chi connectivity index (χ4v) is 2.99. The van der Waals surface area contributed by atoms with Crippen molar-refractivity contribution in [2.24, 2.45) is 0 Å². The summed E-state index contributed by atoms with van der Waals surface area (Å²) in [4.78, 5) is 0. The summed E-state index contributed by atoms with van der Waals surface area (Å²) in [5, 5.41) is 10.2. The molecule has 0 unspecified atom stereocenters. The highest BCUT2D eigenvalue weighted by Crippen LogP contribution is 2.30. The smallest absolute Gasteiger partial charge is 0.173 e. The predicted molar refractivity (Wildman–Crippen MR) is 95.6 cm³/mol. The molecule has 2 aromatic carbocycles. The summed E-state index contributed by atoms with van der Waals surface area (Å²) >= 11 is 0. The number of anilines is 1. The van der Waals surface area contributed by atoms with Gasteiger partial charge in [-0.2, -0.15) is 4.68 Å². The van der Waals surface area contributed by atoms with E-state index < -0.39 is 0 Å². The number of hydrazine groups is 2. The summed E-state index contributed by atoms with van der Waals surface area (Å²) in [5.41, 5.74) is 10.3. The van der Waals surface area contributed by atoms with E-state index in [2.05, 4.69) is 21.3 Å². The first kappa shape index (κ1) is 15.6. The van der Waals surface area contributed by atoms with Gasteiger partial charge in [-0.15, -0.1) is 10.6 Å². The zero-order chi connectivity index (χ0) is 17.4. The Balaban J connectivity index is 1.89. The summed E-state index contributed by atoms with van der Waals surface area (Å²) in [6.07, 6.45) is 1.57. The Morgan fingerprint density at radius 1 is 1.08 bits per heavy atom. The Kier molecular flexibility index (Phi) is 3.85. The first-order valence-electron chi connectivity index (χ1n) is 8.37. The van der Waals surface area contributed by atoms with Crippen molar-refractivity contribution >= 4 is 22.5 Å². The van der Waals surface area contributed by atoms with Gasteiger partial charge in [-0.1, -0.05) is 37.3 Å². The number of rotatable bonds is 4. The van der Waals surface area contributed by atoms with Gasteiger partial charge in [-0.3, -0.25) is 0 Å². The summed E-state index contributed by atoms with van der Waals surface area (Å²) in [6, 6.07) is 12.9. The molecule has 128 valence electrons. The van der Waals surface area contributed by atoms with E-state index in [4.69, 9.17) is 0 Å². The zero-order valence-corrected chi connectivity index (χ0v) is 14.1. The lowest BCUT2D eigenvalue weighted by Gasteiger charge is -2.22. The second kappa shape index (κ2) is 6.18. The van der Waals surface area contributed by atoms with E-state index in [-0.39, 0.29) is 5.82 Å². The highest BCUT2D eigenvalue weighted by molar-refractivity contribution is 5.82. The van der Waals surface area contributed by atoms with Gasteiger partial charge in [-0.25, -0.2) is 9.40 Å².